The van der Waals surface area contributed by atoms with E-state index in [0.717, 1.165) is 44.0 Å². The molecule has 0 bridgehead atoms. The number of amides is 1. The molecule has 3 heterocycles. The molecule has 0 aromatic carbocycles. The van der Waals surface area contributed by atoms with Gasteiger partial charge in [0.15, 0.2) is 0 Å². The van der Waals surface area contributed by atoms with Crippen LogP contribution in [0.2, 0.25) is 0 Å². The van der Waals surface area contributed by atoms with E-state index in [1.54, 1.807) is 0 Å². The molecule has 1 aromatic heterocycles. The van der Waals surface area contributed by atoms with E-state index in [0.29, 0.717) is 6.54 Å². The molecule has 6 nitrogen and oxygen atoms in total. The van der Waals surface area contributed by atoms with Crippen molar-refractivity contribution in [2.45, 2.75) is 77.4 Å². The monoisotopic (exact) mass is 334 g/mol. The molecular weight excluding hydrogens is 304 g/mol. The first-order valence-electron chi connectivity index (χ1n) is 9.44. The Morgan fingerprint density at radius 3 is 2.83 bits per heavy atom. The van der Waals surface area contributed by atoms with Crippen molar-refractivity contribution in [1.82, 2.24) is 19.7 Å². The van der Waals surface area contributed by atoms with Crippen LogP contribution < -0.4 is 0 Å². The van der Waals surface area contributed by atoms with Gasteiger partial charge in [-0.05, 0) is 31.6 Å². The fourth-order valence-electron chi connectivity index (χ4n) is 3.77. The number of aromatic nitrogens is 3. The van der Waals surface area contributed by atoms with Crippen molar-refractivity contribution in [2.75, 3.05) is 13.1 Å². The molecule has 2 aliphatic heterocycles. The molecule has 3 rings (SSSR count). The Hall–Kier alpha value is -1.43. The van der Waals surface area contributed by atoms with Crippen LogP contribution in [-0.4, -0.2) is 49.9 Å². The first-order chi connectivity index (χ1) is 11.6. The van der Waals surface area contributed by atoms with Gasteiger partial charge in [0.1, 0.15) is 11.6 Å². The van der Waals surface area contributed by atoms with Crippen molar-refractivity contribution in [3.8, 4) is 0 Å². The van der Waals surface area contributed by atoms with Gasteiger partial charge < -0.3 is 14.6 Å². The molecule has 1 amide bonds. The average Bonchev–Trinajstić information content (AvgIpc) is 2.83. The quantitative estimate of drug-likeness (QED) is 0.915. The molecule has 0 spiro atoms. The van der Waals surface area contributed by atoms with Gasteiger partial charge in [-0.15, -0.1) is 10.2 Å². The average molecular weight is 334 g/mol. The van der Waals surface area contributed by atoms with Gasteiger partial charge in [-0.25, -0.2) is 0 Å². The summed E-state index contributed by atoms with van der Waals surface area (Å²) < 4.78 is 2.30. The second kappa shape index (κ2) is 7.64. The van der Waals surface area contributed by atoms with Crippen molar-refractivity contribution < 1.29 is 9.90 Å². The summed E-state index contributed by atoms with van der Waals surface area (Å²) in [5.41, 5.74) is 0. The van der Waals surface area contributed by atoms with E-state index < -0.39 is 6.10 Å². The van der Waals surface area contributed by atoms with Crippen LogP contribution in [0.1, 0.15) is 69.9 Å². The molecule has 6 heteroatoms. The minimum atomic E-state index is -0.553. The Kier molecular flexibility index (Phi) is 5.54. The number of carbonyl (C=O) groups excluding carboxylic acids is 1. The van der Waals surface area contributed by atoms with Gasteiger partial charge in [0.25, 0.3) is 0 Å². The predicted octanol–water partition coefficient (Wildman–Crippen LogP) is 2.12. The number of hydrogen-bond acceptors (Lipinski definition) is 4. The fraction of sp³-hybridized carbons (Fsp3) is 0.833. The number of fused-ring (bicyclic) bond motifs is 1. The molecular formula is C18H30N4O2. The number of piperidine rings is 1. The van der Waals surface area contributed by atoms with Gasteiger partial charge >= 0.3 is 0 Å². The summed E-state index contributed by atoms with van der Waals surface area (Å²) in [5.74, 6) is 2.63. The molecule has 24 heavy (non-hydrogen) atoms. The third kappa shape index (κ3) is 3.79. The third-order valence-electron chi connectivity index (χ3n) is 5.43. The van der Waals surface area contributed by atoms with E-state index in [2.05, 4.69) is 14.8 Å². The first-order valence-corrected chi connectivity index (χ1v) is 9.44. The predicted molar refractivity (Wildman–Crippen MR) is 91.6 cm³/mol. The van der Waals surface area contributed by atoms with Crippen LogP contribution in [0.4, 0.5) is 0 Å². The summed E-state index contributed by atoms with van der Waals surface area (Å²) in [6.07, 6.45) is 6.39. The van der Waals surface area contributed by atoms with Gasteiger partial charge in [0.05, 0.1) is 12.5 Å². The molecule has 134 valence electrons. The number of rotatable bonds is 4. The summed E-state index contributed by atoms with van der Waals surface area (Å²) in [6, 6.07) is 0. The number of aliphatic hydroxyl groups excluding tert-OH is 1. The highest BCUT2D eigenvalue weighted by molar-refractivity contribution is 5.76. The van der Waals surface area contributed by atoms with Crippen molar-refractivity contribution >= 4 is 5.91 Å². The molecule has 2 unspecified atom stereocenters. The summed E-state index contributed by atoms with van der Waals surface area (Å²) >= 11 is 0. The number of aryl methyl sites for hydroxylation is 1. The topological polar surface area (TPSA) is 71.2 Å². The van der Waals surface area contributed by atoms with Gasteiger partial charge in [0.2, 0.25) is 5.91 Å². The van der Waals surface area contributed by atoms with E-state index in [-0.39, 0.29) is 24.2 Å². The maximum atomic E-state index is 12.5. The largest absolute Gasteiger partial charge is 0.392 e. The zero-order valence-electron chi connectivity index (χ0n) is 14.9. The highest BCUT2D eigenvalue weighted by Crippen LogP contribution is 2.28. The zero-order chi connectivity index (χ0) is 17.1. The summed E-state index contributed by atoms with van der Waals surface area (Å²) in [6.45, 7) is 6.40. The lowest BCUT2D eigenvalue weighted by molar-refractivity contribution is -0.135. The SMILES string of the molecule is CC(C)C(O)CC(=O)N1CCCC(c2nnc3n2CCCCC3)C1. The van der Waals surface area contributed by atoms with Crippen LogP contribution in [0.15, 0.2) is 0 Å². The Labute approximate surface area is 144 Å². The highest BCUT2D eigenvalue weighted by Gasteiger charge is 2.30. The Balaban J connectivity index is 1.68. The maximum absolute atomic E-state index is 12.5. The molecule has 2 atom stereocenters. The lowest BCUT2D eigenvalue weighted by atomic mass is 9.96. The number of aliphatic hydroxyl groups is 1. The number of carbonyl (C=O) groups is 1. The number of likely N-dealkylation sites (tertiary alicyclic amines) is 1. The molecule has 1 N–H and O–H groups in total. The molecule has 1 aromatic rings. The van der Waals surface area contributed by atoms with Gasteiger partial charge in [-0.1, -0.05) is 20.3 Å². The van der Waals surface area contributed by atoms with Crippen LogP contribution >= 0.6 is 0 Å². The van der Waals surface area contributed by atoms with Gasteiger partial charge in [-0.2, -0.15) is 0 Å². The smallest absolute Gasteiger partial charge is 0.225 e. The lowest BCUT2D eigenvalue weighted by Gasteiger charge is -2.33. The van der Waals surface area contributed by atoms with Crippen LogP contribution in [0, 0.1) is 5.92 Å². The molecule has 1 saturated heterocycles. The van der Waals surface area contributed by atoms with Crippen LogP contribution in [0.5, 0.6) is 0 Å². The lowest BCUT2D eigenvalue weighted by Crippen LogP contribution is -2.41. The van der Waals surface area contributed by atoms with E-state index in [4.69, 9.17) is 0 Å². The zero-order valence-corrected chi connectivity index (χ0v) is 14.9. The third-order valence-corrected chi connectivity index (χ3v) is 5.43. The minimum Gasteiger partial charge on any atom is -0.392 e. The molecule has 0 saturated carbocycles. The van der Waals surface area contributed by atoms with Crippen molar-refractivity contribution in [1.29, 1.82) is 0 Å². The molecule has 1 fully saturated rings. The highest BCUT2D eigenvalue weighted by atomic mass is 16.3. The van der Waals surface area contributed by atoms with E-state index in [1.165, 1.54) is 19.3 Å². The fourth-order valence-corrected chi connectivity index (χ4v) is 3.77. The Bertz CT molecular complexity index is 569. The summed E-state index contributed by atoms with van der Waals surface area (Å²) in [5, 5.41) is 18.9. The standard InChI is InChI=1S/C18H30N4O2/c1-13(2)15(23)11-17(24)21-9-6-7-14(12-21)18-20-19-16-8-4-3-5-10-22(16)18/h13-15,23H,3-12H2,1-2H3. The van der Waals surface area contributed by atoms with Crippen molar-refractivity contribution in [3.63, 3.8) is 0 Å². The number of nitrogens with zero attached hydrogens (tertiary/aromatic N) is 4. The molecule has 2 aliphatic rings. The van der Waals surface area contributed by atoms with E-state index in [1.807, 2.05) is 18.7 Å². The maximum Gasteiger partial charge on any atom is 0.225 e. The van der Waals surface area contributed by atoms with Crippen molar-refractivity contribution in [2.24, 2.45) is 5.92 Å². The van der Waals surface area contributed by atoms with Gasteiger partial charge in [0, 0.05) is 32.0 Å². The normalized spacial score (nSPS) is 23.0. The van der Waals surface area contributed by atoms with Crippen LogP contribution in [0.3, 0.4) is 0 Å². The second-order valence-electron chi connectivity index (χ2n) is 7.63. The summed E-state index contributed by atoms with van der Waals surface area (Å²) in [4.78, 5) is 14.4. The molecule has 0 aliphatic carbocycles. The number of hydrogen-bond donors (Lipinski definition) is 1. The Morgan fingerprint density at radius 2 is 2.04 bits per heavy atom. The molecule has 0 radical (unpaired) electrons. The van der Waals surface area contributed by atoms with Crippen LogP contribution in [0.25, 0.3) is 0 Å². The first kappa shape index (κ1) is 17.4. The second-order valence-corrected chi connectivity index (χ2v) is 7.63. The van der Waals surface area contributed by atoms with E-state index >= 15 is 0 Å². The Morgan fingerprint density at radius 1 is 1.21 bits per heavy atom. The minimum absolute atomic E-state index is 0.0662. The van der Waals surface area contributed by atoms with Crippen molar-refractivity contribution in [3.05, 3.63) is 11.6 Å². The van der Waals surface area contributed by atoms with Gasteiger partial charge in [-0.3, -0.25) is 4.79 Å². The van der Waals surface area contributed by atoms with E-state index in [9.17, 15) is 9.90 Å². The van der Waals surface area contributed by atoms with Crippen LogP contribution in [-0.2, 0) is 17.8 Å². The summed E-state index contributed by atoms with van der Waals surface area (Å²) in [7, 11) is 0.